The number of hydrogen-bond donors (Lipinski definition) is 2. The van der Waals surface area contributed by atoms with Crippen LogP contribution in [0.1, 0.15) is 23.2 Å². The maximum absolute atomic E-state index is 12.0. The highest BCUT2D eigenvalue weighted by Gasteiger charge is 2.29. The van der Waals surface area contributed by atoms with Gasteiger partial charge in [-0.1, -0.05) is 0 Å². The predicted molar refractivity (Wildman–Crippen MR) is 117 cm³/mol. The minimum atomic E-state index is -3.28. The van der Waals surface area contributed by atoms with Crippen LogP contribution in [-0.2, 0) is 10.0 Å². The smallest absolute Gasteiger partial charge is 0.252 e. The number of methoxy groups -OCH3 is 1. The Balaban J connectivity index is 1.87. The van der Waals surface area contributed by atoms with Crippen molar-refractivity contribution in [3.05, 3.63) is 42.1 Å². The highest BCUT2D eigenvalue weighted by molar-refractivity contribution is 7.88. The van der Waals surface area contributed by atoms with Gasteiger partial charge in [-0.15, -0.1) is 0 Å². The third kappa shape index (κ3) is 5.00. The van der Waals surface area contributed by atoms with E-state index >= 15 is 0 Å². The predicted octanol–water partition coefficient (Wildman–Crippen LogP) is 1.79. The van der Waals surface area contributed by atoms with Gasteiger partial charge in [0.2, 0.25) is 10.0 Å². The lowest BCUT2D eigenvalue weighted by molar-refractivity contribution is 0.1000. The van der Waals surface area contributed by atoms with Crippen LogP contribution in [0.15, 0.2) is 36.5 Å². The first-order valence-corrected chi connectivity index (χ1v) is 11.4. The summed E-state index contributed by atoms with van der Waals surface area (Å²) in [5, 5.41) is 3.20. The molecule has 2 heterocycles. The summed E-state index contributed by atoms with van der Waals surface area (Å²) in [4.78, 5) is 18.2. The molecule has 10 heteroatoms. The monoisotopic (exact) mass is 433 g/mol. The Morgan fingerprint density at radius 1 is 1.33 bits per heavy atom. The standard InChI is InChI=1S/C20H27N5O4S/c1-24(15-5-4-10-25(13-15)30(3,27)28)18-11-19(22-12-17(18)20(21)26)23-14-6-8-16(29-2)9-7-14/h6-9,11-12,15H,4-5,10,13H2,1-3H3,(H2,21,26)(H,22,23)/t15-/m1/s1. The normalized spacial score (nSPS) is 17.4. The molecule has 30 heavy (non-hydrogen) atoms. The maximum atomic E-state index is 12.0. The van der Waals surface area contributed by atoms with Crippen molar-refractivity contribution >= 4 is 33.1 Å². The number of likely N-dealkylation sites (N-methyl/N-ethyl adjacent to an activating group) is 1. The number of benzene rings is 1. The molecule has 0 saturated carbocycles. The fourth-order valence-corrected chi connectivity index (χ4v) is 4.46. The van der Waals surface area contributed by atoms with E-state index in [0.29, 0.717) is 24.6 Å². The average Bonchev–Trinajstić information content (AvgIpc) is 2.73. The molecule has 0 bridgehead atoms. The molecule has 1 aliphatic heterocycles. The van der Waals surface area contributed by atoms with Gasteiger partial charge in [0, 0.05) is 44.1 Å². The van der Waals surface area contributed by atoms with Gasteiger partial charge in [-0.25, -0.2) is 17.7 Å². The summed E-state index contributed by atoms with van der Waals surface area (Å²) in [6, 6.07) is 9.05. The molecule has 9 nitrogen and oxygen atoms in total. The zero-order valence-corrected chi connectivity index (χ0v) is 18.1. The molecule has 1 aromatic heterocycles. The van der Waals surface area contributed by atoms with E-state index in [1.54, 1.807) is 13.2 Å². The summed E-state index contributed by atoms with van der Waals surface area (Å²) in [7, 11) is 0.169. The number of rotatable bonds is 7. The van der Waals surface area contributed by atoms with Crippen molar-refractivity contribution in [2.45, 2.75) is 18.9 Å². The number of pyridine rings is 1. The molecule has 0 radical (unpaired) electrons. The zero-order chi connectivity index (χ0) is 21.9. The number of anilines is 3. The lowest BCUT2D eigenvalue weighted by atomic mass is 10.0. The van der Waals surface area contributed by atoms with Gasteiger partial charge in [-0.05, 0) is 37.1 Å². The average molecular weight is 434 g/mol. The molecule has 0 spiro atoms. The number of nitrogens with zero attached hydrogens (tertiary/aromatic N) is 3. The van der Waals surface area contributed by atoms with Crippen molar-refractivity contribution < 1.29 is 17.9 Å². The van der Waals surface area contributed by atoms with Crippen LogP contribution in [0.2, 0.25) is 0 Å². The summed E-state index contributed by atoms with van der Waals surface area (Å²) < 4.78 is 30.6. The molecule has 1 amide bonds. The number of amides is 1. The van der Waals surface area contributed by atoms with Crippen molar-refractivity contribution in [2.75, 3.05) is 43.7 Å². The molecule has 1 atom stereocenters. The molecule has 3 N–H and O–H groups in total. The lowest BCUT2D eigenvalue weighted by Crippen LogP contribution is -2.48. The molecule has 0 unspecified atom stereocenters. The van der Waals surface area contributed by atoms with E-state index in [-0.39, 0.29) is 11.6 Å². The van der Waals surface area contributed by atoms with Crippen LogP contribution in [0.4, 0.5) is 17.2 Å². The molecule has 3 rings (SSSR count). The van der Waals surface area contributed by atoms with E-state index in [0.717, 1.165) is 24.3 Å². The summed E-state index contributed by atoms with van der Waals surface area (Å²) in [5.74, 6) is 0.699. The highest BCUT2D eigenvalue weighted by Crippen LogP contribution is 2.29. The number of nitrogens with two attached hydrogens (primary N) is 1. The Morgan fingerprint density at radius 3 is 2.63 bits per heavy atom. The second-order valence-corrected chi connectivity index (χ2v) is 9.31. The third-order valence-electron chi connectivity index (χ3n) is 5.27. The van der Waals surface area contributed by atoms with Crippen LogP contribution < -0.4 is 20.7 Å². The van der Waals surface area contributed by atoms with Crippen LogP contribution in [0.25, 0.3) is 0 Å². The molecule has 1 saturated heterocycles. The first-order valence-electron chi connectivity index (χ1n) is 9.58. The highest BCUT2D eigenvalue weighted by atomic mass is 32.2. The quantitative estimate of drug-likeness (QED) is 0.683. The number of carbonyl (C=O) groups is 1. The van der Waals surface area contributed by atoms with Crippen molar-refractivity contribution in [1.29, 1.82) is 0 Å². The lowest BCUT2D eigenvalue weighted by Gasteiger charge is -2.38. The van der Waals surface area contributed by atoms with Crippen LogP contribution in [0.5, 0.6) is 5.75 Å². The number of ether oxygens (including phenoxy) is 1. The molecular formula is C20H27N5O4S. The fourth-order valence-electron chi connectivity index (χ4n) is 3.55. The second-order valence-electron chi connectivity index (χ2n) is 7.33. The zero-order valence-electron chi connectivity index (χ0n) is 17.3. The van der Waals surface area contributed by atoms with Gasteiger partial charge in [0.15, 0.2) is 0 Å². The summed E-state index contributed by atoms with van der Waals surface area (Å²) in [5.41, 5.74) is 7.27. The van der Waals surface area contributed by atoms with Gasteiger partial charge in [-0.2, -0.15) is 0 Å². The topological polar surface area (TPSA) is 118 Å². The molecule has 0 aliphatic carbocycles. The third-order valence-corrected chi connectivity index (χ3v) is 6.54. The first kappa shape index (κ1) is 21.8. The maximum Gasteiger partial charge on any atom is 0.252 e. The summed E-state index contributed by atoms with van der Waals surface area (Å²) in [6.07, 6.45) is 4.21. The van der Waals surface area contributed by atoms with Gasteiger partial charge in [0.05, 0.1) is 24.6 Å². The molecule has 1 aliphatic rings. The Hall–Kier alpha value is -2.85. The molecule has 1 fully saturated rings. The molecule has 162 valence electrons. The number of hydrogen-bond acceptors (Lipinski definition) is 7. The van der Waals surface area contributed by atoms with Gasteiger partial charge in [-0.3, -0.25) is 4.79 Å². The fraction of sp³-hybridized carbons (Fsp3) is 0.400. The van der Waals surface area contributed by atoms with Crippen molar-refractivity contribution in [3.63, 3.8) is 0 Å². The number of primary amides is 1. The van der Waals surface area contributed by atoms with Crippen LogP contribution in [-0.4, -0.2) is 63.2 Å². The number of sulfonamides is 1. The van der Waals surface area contributed by atoms with Crippen molar-refractivity contribution in [2.24, 2.45) is 5.73 Å². The second kappa shape index (κ2) is 8.88. The minimum absolute atomic E-state index is 0.0807. The van der Waals surface area contributed by atoms with Gasteiger partial charge >= 0.3 is 0 Å². The summed E-state index contributed by atoms with van der Waals surface area (Å²) >= 11 is 0. The molecule has 2 aromatic rings. The number of piperidine rings is 1. The van der Waals surface area contributed by atoms with E-state index in [4.69, 9.17) is 10.5 Å². The summed E-state index contributed by atoms with van der Waals surface area (Å²) in [6.45, 7) is 0.865. The molecule has 1 aromatic carbocycles. The Kier molecular flexibility index (Phi) is 6.47. The van der Waals surface area contributed by atoms with Gasteiger partial charge in [0.25, 0.3) is 5.91 Å². The van der Waals surface area contributed by atoms with Crippen LogP contribution in [0, 0.1) is 0 Å². The van der Waals surface area contributed by atoms with Crippen LogP contribution >= 0.6 is 0 Å². The Bertz CT molecular complexity index is 1010. The first-order chi connectivity index (χ1) is 14.2. The van der Waals surface area contributed by atoms with E-state index in [1.807, 2.05) is 36.2 Å². The Labute approximate surface area is 176 Å². The van der Waals surface area contributed by atoms with Gasteiger partial charge < -0.3 is 20.7 Å². The van der Waals surface area contributed by atoms with E-state index in [9.17, 15) is 13.2 Å². The van der Waals surface area contributed by atoms with Crippen LogP contribution in [0.3, 0.4) is 0 Å². The van der Waals surface area contributed by atoms with E-state index in [1.165, 1.54) is 16.8 Å². The number of aromatic nitrogens is 1. The number of nitrogens with one attached hydrogen (secondary N) is 1. The molecular weight excluding hydrogens is 406 g/mol. The van der Waals surface area contributed by atoms with E-state index < -0.39 is 15.9 Å². The minimum Gasteiger partial charge on any atom is -0.497 e. The van der Waals surface area contributed by atoms with E-state index in [2.05, 4.69) is 10.3 Å². The SMILES string of the molecule is COc1ccc(Nc2cc(N(C)[C@@H]3CCCN(S(C)(=O)=O)C3)c(C(N)=O)cn2)cc1. The Morgan fingerprint density at radius 2 is 2.03 bits per heavy atom. The largest absolute Gasteiger partial charge is 0.497 e. The number of carbonyl (C=O) groups excluding carboxylic acids is 1. The van der Waals surface area contributed by atoms with Gasteiger partial charge in [0.1, 0.15) is 11.6 Å². The van der Waals surface area contributed by atoms with Crippen molar-refractivity contribution in [1.82, 2.24) is 9.29 Å². The van der Waals surface area contributed by atoms with Crippen molar-refractivity contribution in [3.8, 4) is 5.75 Å².